The molecule has 0 spiro atoms. The molecule has 6 heteroatoms. The second-order valence-corrected chi connectivity index (χ2v) is 4.44. The third kappa shape index (κ3) is 3.19. The van der Waals surface area contributed by atoms with Crippen molar-refractivity contribution in [3.8, 4) is 5.75 Å². The van der Waals surface area contributed by atoms with E-state index in [0.717, 1.165) is 12.1 Å². The molecule has 2 rings (SSSR count). The second kappa shape index (κ2) is 5.11. The van der Waals surface area contributed by atoms with Crippen LogP contribution in [0.2, 0.25) is 0 Å². The van der Waals surface area contributed by atoms with Gasteiger partial charge in [0, 0.05) is 37.7 Å². The van der Waals surface area contributed by atoms with Crippen molar-refractivity contribution in [1.29, 1.82) is 0 Å². The van der Waals surface area contributed by atoms with Gasteiger partial charge in [-0.15, -0.1) is 0 Å². The number of hydrogen-bond acceptors (Lipinski definition) is 3. The van der Waals surface area contributed by atoms with Crippen molar-refractivity contribution in [2.24, 2.45) is 0 Å². The number of hydrogen-bond donors (Lipinski definition) is 0. The average molecular weight is 273 g/mol. The molecule has 1 aliphatic rings. The molecule has 0 atom stereocenters. The van der Waals surface area contributed by atoms with E-state index in [1.54, 1.807) is 11.0 Å². The van der Waals surface area contributed by atoms with Crippen LogP contribution in [0.1, 0.15) is 18.4 Å². The third-order valence-electron chi connectivity index (χ3n) is 3.14. The van der Waals surface area contributed by atoms with Crippen LogP contribution in [0.4, 0.5) is 18.9 Å². The Bertz CT molecular complexity index is 475. The Morgan fingerprint density at radius 1 is 1.16 bits per heavy atom. The van der Waals surface area contributed by atoms with Gasteiger partial charge in [0.05, 0.1) is 12.7 Å². The van der Waals surface area contributed by atoms with Crippen LogP contribution in [-0.2, 0) is 11.0 Å². The van der Waals surface area contributed by atoms with E-state index in [2.05, 4.69) is 0 Å². The first-order valence-electron chi connectivity index (χ1n) is 5.93. The molecule has 3 nitrogen and oxygen atoms in total. The van der Waals surface area contributed by atoms with Gasteiger partial charge in [0.15, 0.2) is 0 Å². The summed E-state index contributed by atoms with van der Waals surface area (Å²) in [5.41, 5.74) is -0.294. The highest BCUT2D eigenvalue weighted by Gasteiger charge is 2.32. The zero-order valence-electron chi connectivity index (χ0n) is 10.5. The number of methoxy groups -OCH3 is 1. The number of halogens is 3. The van der Waals surface area contributed by atoms with E-state index >= 15 is 0 Å². The largest absolute Gasteiger partial charge is 0.497 e. The van der Waals surface area contributed by atoms with E-state index in [-0.39, 0.29) is 11.5 Å². The van der Waals surface area contributed by atoms with Gasteiger partial charge in [0.1, 0.15) is 11.5 Å². The molecule has 0 saturated carbocycles. The van der Waals surface area contributed by atoms with Crippen molar-refractivity contribution < 1.29 is 22.7 Å². The SMILES string of the molecule is COc1cc(N2CCC(=O)CC2)cc(C(F)(F)F)c1. The number of anilines is 1. The first-order valence-corrected chi connectivity index (χ1v) is 5.93. The summed E-state index contributed by atoms with van der Waals surface area (Å²) in [6, 6.07) is 3.63. The van der Waals surface area contributed by atoms with Crippen LogP contribution in [0.25, 0.3) is 0 Å². The molecule has 0 aliphatic carbocycles. The molecule has 0 aromatic heterocycles. The van der Waals surface area contributed by atoms with E-state index in [9.17, 15) is 18.0 Å². The molecule has 1 heterocycles. The van der Waals surface area contributed by atoms with Crippen LogP contribution in [0.3, 0.4) is 0 Å². The Kier molecular flexibility index (Phi) is 3.68. The zero-order chi connectivity index (χ0) is 14.0. The average Bonchev–Trinajstić information content (AvgIpc) is 2.38. The number of ether oxygens (including phenoxy) is 1. The summed E-state index contributed by atoms with van der Waals surface area (Å²) in [5, 5.41) is 0. The topological polar surface area (TPSA) is 29.5 Å². The van der Waals surface area contributed by atoms with Gasteiger partial charge in [-0.25, -0.2) is 0 Å². The lowest BCUT2D eigenvalue weighted by Gasteiger charge is -2.29. The molecule has 1 aliphatic heterocycles. The molecule has 0 amide bonds. The molecular weight excluding hydrogens is 259 g/mol. The predicted molar refractivity (Wildman–Crippen MR) is 64.5 cm³/mol. The van der Waals surface area contributed by atoms with Gasteiger partial charge in [-0.05, 0) is 12.1 Å². The number of Topliss-reactive ketones (excluding diaryl/α,β-unsaturated/α-hetero) is 1. The Morgan fingerprint density at radius 3 is 2.32 bits per heavy atom. The fourth-order valence-corrected chi connectivity index (χ4v) is 2.06. The minimum absolute atomic E-state index is 0.148. The molecule has 1 aromatic rings. The maximum Gasteiger partial charge on any atom is 0.416 e. The first-order chi connectivity index (χ1) is 8.90. The van der Waals surface area contributed by atoms with E-state index in [1.807, 2.05) is 0 Å². The molecule has 1 fully saturated rings. The number of benzene rings is 1. The van der Waals surface area contributed by atoms with Gasteiger partial charge in [0.25, 0.3) is 0 Å². The van der Waals surface area contributed by atoms with Crippen LogP contribution in [-0.4, -0.2) is 26.0 Å². The second-order valence-electron chi connectivity index (χ2n) is 4.44. The van der Waals surface area contributed by atoms with Gasteiger partial charge in [0.2, 0.25) is 0 Å². The maximum absolute atomic E-state index is 12.8. The van der Waals surface area contributed by atoms with E-state index in [4.69, 9.17) is 4.74 Å². The summed E-state index contributed by atoms with van der Waals surface area (Å²) in [6.45, 7) is 0.895. The summed E-state index contributed by atoms with van der Waals surface area (Å²) in [6.07, 6.45) is -3.66. The van der Waals surface area contributed by atoms with Gasteiger partial charge in [-0.1, -0.05) is 0 Å². The number of carbonyl (C=O) groups is 1. The number of rotatable bonds is 2. The monoisotopic (exact) mass is 273 g/mol. The van der Waals surface area contributed by atoms with Crippen LogP contribution in [0.15, 0.2) is 18.2 Å². The summed E-state index contributed by atoms with van der Waals surface area (Å²) >= 11 is 0. The van der Waals surface area contributed by atoms with Crippen molar-refractivity contribution in [2.45, 2.75) is 19.0 Å². The van der Waals surface area contributed by atoms with Crippen LogP contribution in [0, 0.1) is 0 Å². The van der Waals surface area contributed by atoms with Gasteiger partial charge in [-0.2, -0.15) is 13.2 Å². The fourth-order valence-electron chi connectivity index (χ4n) is 2.06. The molecule has 0 radical (unpaired) electrons. The quantitative estimate of drug-likeness (QED) is 0.829. The summed E-state index contributed by atoms with van der Waals surface area (Å²) < 4.78 is 43.3. The highest BCUT2D eigenvalue weighted by atomic mass is 19.4. The lowest BCUT2D eigenvalue weighted by Crippen LogP contribution is -2.33. The third-order valence-corrected chi connectivity index (χ3v) is 3.14. The van der Waals surface area contributed by atoms with E-state index < -0.39 is 11.7 Å². The minimum atomic E-state index is -4.41. The summed E-state index contributed by atoms with van der Waals surface area (Å²) in [7, 11) is 1.33. The van der Waals surface area contributed by atoms with Crippen molar-refractivity contribution in [3.05, 3.63) is 23.8 Å². The van der Waals surface area contributed by atoms with Gasteiger partial charge >= 0.3 is 6.18 Å². The maximum atomic E-state index is 12.8. The fraction of sp³-hybridized carbons (Fsp3) is 0.462. The van der Waals surface area contributed by atoms with E-state index in [1.165, 1.54) is 7.11 Å². The Morgan fingerprint density at radius 2 is 1.79 bits per heavy atom. The van der Waals surface area contributed by atoms with E-state index in [0.29, 0.717) is 31.6 Å². The standard InChI is InChI=1S/C13H14F3NO2/c1-19-12-7-9(13(14,15)16)6-10(8-12)17-4-2-11(18)3-5-17/h6-8H,2-5H2,1H3. The number of alkyl halides is 3. The highest BCUT2D eigenvalue weighted by molar-refractivity contribution is 5.81. The molecular formula is C13H14F3NO2. The lowest BCUT2D eigenvalue weighted by molar-refractivity contribution is -0.137. The lowest BCUT2D eigenvalue weighted by atomic mass is 10.1. The normalized spacial score (nSPS) is 16.6. The van der Waals surface area contributed by atoms with Crippen molar-refractivity contribution in [2.75, 3.05) is 25.1 Å². The molecule has 0 bridgehead atoms. The smallest absolute Gasteiger partial charge is 0.416 e. The number of ketones is 1. The van der Waals surface area contributed by atoms with Crippen LogP contribution >= 0.6 is 0 Å². The van der Waals surface area contributed by atoms with Crippen molar-refractivity contribution in [1.82, 2.24) is 0 Å². The number of nitrogens with zero attached hydrogens (tertiary/aromatic N) is 1. The summed E-state index contributed by atoms with van der Waals surface area (Å²) in [4.78, 5) is 12.9. The first kappa shape index (κ1) is 13.7. The Hall–Kier alpha value is -1.72. The van der Waals surface area contributed by atoms with Gasteiger partial charge in [-0.3, -0.25) is 4.79 Å². The molecule has 19 heavy (non-hydrogen) atoms. The summed E-state index contributed by atoms with van der Waals surface area (Å²) in [5.74, 6) is 0.317. The van der Waals surface area contributed by atoms with Crippen molar-refractivity contribution >= 4 is 11.5 Å². The molecule has 1 aromatic carbocycles. The molecule has 104 valence electrons. The molecule has 0 unspecified atom stereocenters. The number of carbonyl (C=O) groups excluding carboxylic acids is 1. The zero-order valence-corrected chi connectivity index (χ0v) is 10.5. The number of piperidine rings is 1. The van der Waals surface area contributed by atoms with Crippen LogP contribution < -0.4 is 9.64 Å². The Labute approximate surface area is 109 Å². The minimum Gasteiger partial charge on any atom is -0.497 e. The van der Waals surface area contributed by atoms with Crippen LogP contribution in [0.5, 0.6) is 5.75 Å². The van der Waals surface area contributed by atoms with Crippen molar-refractivity contribution in [3.63, 3.8) is 0 Å². The molecule has 1 saturated heterocycles. The Balaban J connectivity index is 2.32. The highest BCUT2D eigenvalue weighted by Crippen LogP contribution is 2.35. The molecule has 0 N–H and O–H groups in total. The predicted octanol–water partition coefficient (Wildman–Crippen LogP) is 2.88. The van der Waals surface area contributed by atoms with Gasteiger partial charge < -0.3 is 9.64 Å².